The molecule has 0 atom stereocenters. The molecule has 0 saturated heterocycles. The van der Waals surface area contributed by atoms with Crippen LogP contribution in [0.2, 0.25) is 0 Å². The van der Waals surface area contributed by atoms with Crippen LogP contribution in [-0.4, -0.2) is 0 Å². The van der Waals surface area contributed by atoms with E-state index in [4.69, 9.17) is 0 Å². The SMILES string of the molecule is C1=C2Cc3ccccc3C2=CCC1.CC. The Morgan fingerprint density at radius 3 is 2.53 bits per heavy atom. The van der Waals surface area contributed by atoms with Crippen LogP contribution < -0.4 is 0 Å². The Morgan fingerprint density at radius 1 is 0.933 bits per heavy atom. The van der Waals surface area contributed by atoms with Crippen molar-refractivity contribution in [3.63, 3.8) is 0 Å². The molecule has 0 spiro atoms. The summed E-state index contributed by atoms with van der Waals surface area (Å²) in [6, 6.07) is 8.76. The Bertz CT molecular complexity index is 408. The summed E-state index contributed by atoms with van der Waals surface area (Å²) < 4.78 is 0. The third kappa shape index (κ3) is 1.77. The molecule has 15 heavy (non-hydrogen) atoms. The second-order valence-electron chi connectivity index (χ2n) is 3.76. The van der Waals surface area contributed by atoms with Gasteiger partial charge in [-0.15, -0.1) is 0 Å². The first-order valence-electron chi connectivity index (χ1n) is 5.93. The highest BCUT2D eigenvalue weighted by Crippen LogP contribution is 2.38. The minimum Gasteiger partial charge on any atom is -0.0801 e. The van der Waals surface area contributed by atoms with E-state index < -0.39 is 0 Å². The van der Waals surface area contributed by atoms with E-state index in [9.17, 15) is 0 Å². The monoisotopic (exact) mass is 198 g/mol. The summed E-state index contributed by atoms with van der Waals surface area (Å²) >= 11 is 0. The van der Waals surface area contributed by atoms with Gasteiger partial charge in [0.1, 0.15) is 0 Å². The van der Waals surface area contributed by atoms with Gasteiger partial charge in [-0.3, -0.25) is 0 Å². The van der Waals surface area contributed by atoms with Gasteiger partial charge in [0.2, 0.25) is 0 Å². The van der Waals surface area contributed by atoms with Crippen molar-refractivity contribution in [2.45, 2.75) is 33.1 Å². The van der Waals surface area contributed by atoms with Gasteiger partial charge in [-0.05, 0) is 41.5 Å². The maximum absolute atomic E-state index is 2.40. The number of hydrogen-bond acceptors (Lipinski definition) is 0. The molecule has 78 valence electrons. The van der Waals surface area contributed by atoms with Crippen molar-refractivity contribution in [2.24, 2.45) is 0 Å². The summed E-state index contributed by atoms with van der Waals surface area (Å²) in [4.78, 5) is 0. The second-order valence-corrected chi connectivity index (χ2v) is 3.76. The summed E-state index contributed by atoms with van der Waals surface area (Å²) in [5.41, 5.74) is 6.02. The third-order valence-corrected chi connectivity index (χ3v) is 2.94. The van der Waals surface area contributed by atoms with E-state index in [0.29, 0.717) is 0 Å². The van der Waals surface area contributed by atoms with Crippen LogP contribution in [0, 0.1) is 0 Å². The molecule has 0 nitrogen and oxygen atoms in total. The molecule has 0 amide bonds. The summed E-state index contributed by atoms with van der Waals surface area (Å²) in [5, 5.41) is 0. The quantitative estimate of drug-likeness (QED) is 0.580. The molecule has 0 heterocycles. The molecule has 0 bridgehead atoms. The molecule has 2 aliphatic carbocycles. The average molecular weight is 198 g/mol. The first kappa shape index (κ1) is 10.2. The largest absolute Gasteiger partial charge is 0.0801 e. The number of rotatable bonds is 0. The van der Waals surface area contributed by atoms with Crippen LogP contribution in [0.15, 0.2) is 42.0 Å². The van der Waals surface area contributed by atoms with Gasteiger partial charge in [0.05, 0.1) is 0 Å². The number of hydrogen-bond donors (Lipinski definition) is 0. The zero-order valence-corrected chi connectivity index (χ0v) is 9.59. The molecule has 1 aromatic rings. The van der Waals surface area contributed by atoms with Crippen LogP contribution in [0.3, 0.4) is 0 Å². The minimum atomic E-state index is 1.15. The first-order chi connectivity index (χ1) is 7.45. The van der Waals surface area contributed by atoms with E-state index in [1.807, 2.05) is 13.8 Å². The molecule has 1 aromatic carbocycles. The first-order valence-corrected chi connectivity index (χ1v) is 5.93. The molecule has 2 aliphatic rings. The fourth-order valence-corrected chi connectivity index (χ4v) is 2.32. The maximum atomic E-state index is 2.40. The van der Waals surface area contributed by atoms with Gasteiger partial charge in [0.25, 0.3) is 0 Å². The third-order valence-electron chi connectivity index (χ3n) is 2.94. The summed E-state index contributed by atoms with van der Waals surface area (Å²) in [6.07, 6.45) is 8.39. The zero-order chi connectivity index (χ0) is 10.7. The van der Waals surface area contributed by atoms with Crippen LogP contribution in [0.4, 0.5) is 0 Å². The molecule has 0 aliphatic heterocycles. The predicted molar refractivity (Wildman–Crippen MR) is 66.8 cm³/mol. The van der Waals surface area contributed by atoms with Crippen molar-refractivity contribution < 1.29 is 0 Å². The molecular formula is C15H18. The van der Waals surface area contributed by atoms with Crippen molar-refractivity contribution >= 4 is 5.57 Å². The summed E-state index contributed by atoms with van der Waals surface area (Å²) in [7, 11) is 0. The summed E-state index contributed by atoms with van der Waals surface area (Å²) in [6.45, 7) is 4.00. The second kappa shape index (κ2) is 4.48. The molecule has 0 saturated carbocycles. The predicted octanol–water partition coefficient (Wildman–Crippen LogP) is 4.37. The molecule has 0 fully saturated rings. The number of fused-ring (bicyclic) bond motifs is 3. The van der Waals surface area contributed by atoms with Gasteiger partial charge < -0.3 is 0 Å². The Morgan fingerprint density at radius 2 is 1.67 bits per heavy atom. The summed E-state index contributed by atoms with van der Waals surface area (Å²) in [5.74, 6) is 0. The van der Waals surface area contributed by atoms with Crippen molar-refractivity contribution in [2.75, 3.05) is 0 Å². The Labute approximate surface area is 92.3 Å². The van der Waals surface area contributed by atoms with Crippen molar-refractivity contribution in [1.82, 2.24) is 0 Å². The lowest BCUT2D eigenvalue weighted by atomic mass is 9.98. The Hall–Kier alpha value is -1.30. The van der Waals surface area contributed by atoms with E-state index in [1.165, 1.54) is 29.5 Å². The minimum absolute atomic E-state index is 1.15. The van der Waals surface area contributed by atoms with E-state index in [2.05, 4.69) is 36.4 Å². The average Bonchev–Trinajstić information content (AvgIpc) is 2.70. The van der Waals surface area contributed by atoms with Crippen LogP contribution in [0.25, 0.3) is 5.57 Å². The van der Waals surface area contributed by atoms with Gasteiger partial charge in [0.15, 0.2) is 0 Å². The molecule has 0 heteroatoms. The standard InChI is InChI=1S/C13H12.C2H6/c1-3-7-12-10(5-1)9-11-6-2-4-8-13(11)12;1-2/h1,3,5-8H,2,4,9H2;1-2H3. The fraction of sp³-hybridized carbons (Fsp3) is 0.333. The molecule has 3 rings (SSSR count). The van der Waals surface area contributed by atoms with E-state index in [1.54, 1.807) is 5.57 Å². The number of benzene rings is 1. The smallest absolute Gasteiger partial charge is 0.00167 e. The molecule has 0 radical (unpaired) electrons. The van der Waals surface area contributed by atoms with Crippen LogP contribution in [0.5, 0.6) is 0 Å². The van der Waals surface area contributed by atoms with Gasteiger partial charge in [-0.2, -0.15) is 0 Å². The maximum Gasteiger partial charge on any atom is -0.00167 e. The Kier molecular flexibility index (Phi) is 3.05. The van der Waals surface area contributed by atoms with Crippen LogP contribution in [-0.2, 0) is 6.42 Å². The van der Waals surface area contributed by atoms with E-state index in [0.717, 1.165) is 6.42 Å². The lowest BCUT2D eigenvalue weighted by Crippen LogP contribution is -1.86. The van der Waals surface area contributed by atoms with Crippen molar-refractivity contribution in [3.8, 4) is 0 Å². The van der Waals surface area contributed by atoms with Gasteiger partial charge >= 0.3 is 0 Å². The number of allylic oxidation sites excluding steroid dienone is 4. The molecule has 0 N–H and O–H groups in total. The van der Waals surface area contributed by atoms with Crippen molar-refractivity contribution in [3.05, 3.63) is 53.1 Å². The van der Waals surface area contributed by atoms with Crippen LogP contribution >= 0.6 is 0 Å². The van der Waals surface area contributed by atoms with Crippen molar-refractivity contribution in [1.29, 1.82) is 0 Å². The highest BCUT2D eigenvalue weighted by atomic mass is 14.2. The van der Waals surface area contributed by atoms with Crippen LogP contribution in [0.1, 0.15) is 37.8 Å². The van der Waals surface area contributed by atoms with Gasteiger partial charge in [-0.25, -0.2) is 0 Å². The lowest BCUT2D eigenvalue weighted by molar-refractivity contribution is 1.02. The molecule has 0 aromatic heterocycles. The van der Waals surface area contributed by atoms with E-state index >= 15 is 0 Å². The van der Waals surface area contributed by atoms with Gasteiger partial charge in [0, 0.05) is 0 Å². The molecular weight excluding hydrogens is 180 g/mol. The Balaban J connectivity index is 0.000000404. The highest BCUT2D eigenvalue weighted by Gasteiger charge is 2.21. The fourth-order valence-electron chi connectivity index (χ4n) is 2.32. The van der Waals surface area contributed by atoms with Gasteiger partial charge in [-0.1, -0.05) is 50.3 Å². The zero-order valence-electron chi connectivity index (χ0n) is 9.59. The lowest BCUT2D eigenvalue weighted by Gasteiger charge is -2.07. The van der Waals surface area contributed by atoms with E-state index in [-0.39, 0.29) is 0 Å². The molecule has 0 unspecified atom stereocenters. The normalized spacial score (nSPS) is 16.7. The highest BCUT2D eigenvalue weighted by molar-refractivity contribution is 5.86. The topological polar surface area (TPSA) is 0 Å².